The van der Waals surface area contributed by atoms with Crippen molar-refractivity contribution in [2.45, 2.75) is 13.8 Å². The summed E-state index contributed by atoms with van der Waals surface area (Å²) in [5, 5.41) is 18.9. The summed E-state index contributed by atoms with van der Waals surface area (Å²) < 4.78 is 1.77. The smallest absolute Gasteiger partial charge is 0.271 e. The molecule has 0 aliphatic rings. The Kier molecular flexibility index (Phi) is 2.79. The molecule has 0 atom stereocenters. The monoisotopic (exact) mass is 284 g/mol. The molecule has 0 aliphatic carbocycles. The van der Waals surface area contributed by atoms with Gasteiger partial charge in [-0.15, -0.1) is 10.2 Å². The van der Waals surface area contributed by atoms with Gasteiger partial charge in [0.2, 0.25) is 0 Å². The fraction of sp³-hybridized carbons (Fsp3) is 0.154. The van der Waals surface area contributed by atoms with Crippen LogP contribution in [0.2, 0.25) is 0 Å². The van der Waals surface area contributed by atoms with Gasteiger partial charge in [0.15, 0.2) is 5.82 Å². The molecule has 0 aliphatic heterocycles. The SMILES string of the molecule is Cc1cc(C)n2c(-c3ccc([N+](=O)[O-])cc3N)nnc2n1. The van der Waals surface area contributed by atoms with Crippen molar-refractivity contribution >= 4 is 17.2 Å². The van der Waals surface area contributed by atoms with E-state index in [0.717, 1.165) is 11.4 Å². The summed E-state index contributed by atoms with van der Waals surface area (Å²) in [6.07, 6.45) is 0. The van der Waals surface area contributed by atoms with E-state index in [2.05, 4.69) is 15.2 Å². The molecule has 0 radical (unpaired) electrons. The Morgan fingerprint density at radius 1 is 1.24 bits per heavy atom. The summed E-state index contributed by atoms with van der Waals surface area (Å²) in [6, 6.07) is 6.18. The molecule has 0 saturated carbocycles. The Balaban J connectivity index is 2.24. The number of non-ortho nitro benzene ring substituents is 1. The van der Waals surface area contributed by atoms with Crippen LogP contribution in [0.3, 0.4) is 0 Å². The molecule has 8 nitrogen and oxygen atoms in total. The number of aromatic nitrogens is 4. The van der Waals surface area contributed by atoms with Crippen LogP contribution < -0.4 is 5.73 Å². The molecule has 21 heavy (non-hydrogen) atoms. The molecule has 3 aromatic rings. The van der Waals surface area contributed by atoms with Crippen molar-refractivity contribution in [3.8, 4) is 11.4 Å². The number of aryl methyl sites for hydroxylation is 2. The number of nitrogens with two attached hydrogens (primary N) is 1. The van der Waals surface area contributed by atoms with Gasteiger partial charge in [-0.25, -0.2) is 4.98 Å². The summed E-state index contributed by atoms with van der Waals surface area (Å²) in [5.41, 5.74) is 8.47. The van der Waals surface area contributed by atoms with Crippen LogP contribution in [0.4, 0.5) is 11.4 Å². The molecular formula is C13H12N6O2. The van der Waals surface area contributed by atoms with Crippen LogP contribution in [-0.2, 0) is 0 Å². The van der Waals surface area contributed by atoms with Crippen LogP contribution in [0, 0.1) is 24.0 Å². The zero-order chi connectivity index (χ0) is 15.1. The fourth-order valence-electron chi connectivity index (χ4n) is 2.27. The van der Waals surface area contributed by atoms with Gasteiger partial charge in [0.05, 0.1) is 4.92 Å². The average Bonchev–Trinajstić information content (AvgIpc) is 2.82. The van der Waals surface area contributed by atoms with Crippen LogP contribution >= 0.6 is 0 Å². The Hall–Kier alpha value is -3.03. The fourth-order valence-corrected chi connectivity index (χ4v) is 2.27. The third kappa shape index (κ3) is 2.06. The molecule has 3 rings (SSSR count). The molecule has 1 aromatic carbocycles. The van der Waals surface area contributed by atoms with Gasteiger partial charge < -0.3 is 5.73 Å². The van der Waals surface area contributed by atoms with Gasteiger partial charge in [0.25, 0.3) is 11.5 Å². The van der Waals surface area contributed by atoms with Gasteiger partial charge >= 0.3 is 0 Å². The highest BCUT2D eigenvalue weighted by molar-refractivity contribution is 5.75. The first kappa shape index (κ1) is 13.0. The van der Waals surface area contributed by atoms with Crippen LogP contribution in [0.1, 0.15) is 11.4 Å². The van der Waals surface area contributed by atoms with Crippen LogP contribution in [0.5, 0.6) is 0 Å². The van der Waals surface area contributed by atoms with E-state index in [1.165, 1.54) is 12.1 Å². The van der Waals surface area contributed by atoms with E-state index in [1.807, 2.05) is 19.9 Å². The third-order valence-corrected chi connectivity index (χ3v) is 3.18. The lowest BCUT2D eigenvalue weighted by Crippen LogP contribution is -2.00. The first-order valence-electron chi connectivity index (χ1n) is 6.21. The number of hydrogen-bond acceptors (Lipinski definition) is 6. The molecule has 0 bridgehead atoms. The van der Waals surface area contributed by atoms with Crippen LogP contribution in [-0.4, -0.2) is 24.5 Å². The quantitative estimate of drug-likeness (QED) is 0.437. The number of nitro benzene ring substituents is 1. The van der Waals surface area contributed by atoms with E-state index in [0.29, 0.717) is 17.2 Å². The highest BCUT2D eigenvalue weighted by Crippen LogP contribution is 2.28. The Bertz CT molecular complexity index is 870. The van der Waals surface area contributed by atoms with E-state index < -0.39 is 4.92 Å². The lowest BCUT2D eigenvalue weighted by atomic mass is 10.1. The number of benzene rings is 1. The predicted octanol–water partition coefficient (Wildman–Crippen LogP) is 1.90. The molecule has 0 fully saturated rings. The van der Waals surface area contributed by atoms with Gasteiger partial charge in [-0.3, -0.25) is 14.5 Å². The number of fused-ring (bicyclic) bond motifs is 1. The second kappa shape index (κ2) is 4.51. The maximum atomic E-state index is 10.8. The van der Waals surface area contributed by atoms with Crippen molar-refractivity contribution in [3.05, 3.63) is 45.8 Å². The number of hydrogen-bond donors (Lipinski definition) is 1. The van der Waals surface area contributed by atoms with Crippen molar-refractivity contribution in [3.63, 3.8) is 0 Å². The minimum absolute atomic E-state index is 0.0595. The molecule has 106 valence electrons. The maximum Gasteiger partial charge on any atom is 0.271 e. The first-order valence-corrected chi connectivity index (χ1v) is 6.21. The van der Waals surface area contributed by atoms with E-state index >= 15 is 0 Å². The lowest BCUT2D eigenvalue weighted by Gasteiger charge is -2.06. The number of rotatable bonds is 2. The zero-order valence-electron chi connectivity index (χ0n) is 11.4. The third-order valence-electron chi connectivity index (χ3n) is 3.18. The highest BCUT2D eigenvalue weighted by atomic mass is 16.6. The largest absolute Gasteiger partial charge is 0.398 e. The highest BCUT2D eigenvalue weighted by Gasteiger charge is 2.16. The molecule has 0 unspecified atom stereocenters. The topological polar surface area (TPSA) is 112 Å². The van der Waals surface area contributed by atoms with Gasteiger partial charge in [0, 0.05) is 34.8 Å². The molecule has 2 heterocycles. The normalized spacial score (nSPS) is 11.0. The van der Waals surface area contributed by atoms with Crippen molar-refractivity contribution < 1.29 is 4.92 Å². The summed E-state index contributed by atoms with van der Waals surface area (Å²) in [4.78, 5) is 14.6. The van der Waals surface area contributed by atoms with Gasteiger partial charge in [-0.05, 0) is 26.0 Å². The summed E-state index contributed by atoms with van der Waals surface area (Å²) in [7, 11) is 0. The molecular weight excluding hydrogens is 272 g/mol. The van der Waals surface area contributed by atoms with E-state index in [4.69, 9.17) is 5.73 Å². The van der Waals surface area contributed by atoms with Crippen molar-refractivity contribution in [1.29, 1.82) is 0 Å². The molecule has 0 saturated heterocycles. The zero-order valence-corrected chi connectivity index (χ0v) is 11.4. The first-order chi connectivity index (χ1) is 9.97. The second-order valence-corrected chi connectivity index (χ2v) is 4.73. The maximum absolute atomic E-state index is 10.8. The minimum atomic E-state index is -0.488. The van der Waals surface area contributed by atoms with Gasteiger partial charge in [0.1, 0.15) is 0 Å². The number of nitrogens with zero attached hydrogens (tertiary/aromatic N) is 5. The van der Waals surface area contributed by atoms with Crippen molar-refractivity contribution in [2.75, 3.05) is 5.73 Å². The van der Waals surface area contributed by atoms with Gasteiger partial charge in [-0.1, -0.05) is 0 Å². The summed E-state index contributed by atoms with van der Waals surface area (Å²) in [5.74, 6) is 0.989. The van der Waals surface area contributed by atoms with E-state index in [-0.39, 0.29) is 11.4 Å². The molecule has 0 amide bonds. The average molecular weight is 284 g/mol. The summed E-state index contributed by atoms with van der Waals surface area (Å²) in [6.45, 7) is 3.79. The second-order valence-electron chi connectivity index (χ2n) is 4.73. The standard InChI is InChI=1S/C13H12N6O2/c1-7-5-8(2)18-12(16-17-13(18)15-7)10-4-3-9(19(20)21)6-11(10)14/h3-6H,14H2,1-2H3. The minimum Gasteiger partial charge on any atom is -0.398 e. The number of nitro groups is 1. The van der Waals surface area contributed by atoms with E-state index in [1.54, 1.807) is 10.5 Å². The van der Waals surface area contributed by atoms with E-state index in [9.17, 15) is 10.1 Å². The van der Waals surface area contributed by atoms with Crippen molar-refractivity contribution in [2.24, 2.45) is 0 Å². The Labute approximate surface area is 119 Å². The molecule has 8 heteroatoms. The van der Waals surface area contributed by atoms with Crippen LogP contribution in [0.25, 0.3) is 17.2 Å². The van der Waals surface area contributed by atoms with Gasteiger partial charge in [-0.2, -0.15) is 0 Å². The summed E-state index contributed by atoms with van der Waals surface area (Å²) >= 11 is 0. The predicted molar refractivity (Wildman–Crippen MR) is 76.8 cm³/mol. The molecule has 0 spiro atoms. The van der Waals surface area contributed by atoms with Crippen LogP contribution in [0.15, 0.2) is 24.3 Å². The number of nitrogen functional groups attached to an aromatic ring is 1. The molecule has 2 N–H and O–H groups in total. The Morgan fingerprint density at radius 2 is 2.00 bits per heavy atom. The lowest BCUT2D eigenvalue weighted by molar-refractivity contribution is -0.384. The number of anilines is 1. The Morgan fingerprint density at radius 3 is 2.67 bits per heavy atom. The van der Waals surface area contributed by atoms with Crippen molar-refractivity contribution in [1.82, 2.24) is 19.6 Å². The molecule has 2 aromatic heterocycles.